The van der Waals surface area contributed by atoms with Gasteiger partial charge in [-0.15, -0.1) is 0 Å². The van der Waals surface area contributed by atoms with Gasteiger partial charge in [0.2, 0.25) is 5.91 Å². The van der Waals surface area contributed by atoms with Crippen molar-refractivity contribution < 1.29 is 9.59 Å². The maximum atomic E-state index is 13.0. The lowest BCUT2D eigenvalue weighted by Crippen LogP contribution is -2.42. The van der Waals surface area contributed by atoms with Crippen molar-refractivity contribution in [2.24, 2.45) is 23.7 Å². The number of likely N-dealkylation sites (tertiary alicyclic amines) is 1. The zero-order chi connectivity index (χ0) is 20.5. The fourth-order valence-electron chi connectivity index (χ4n) is 4.90. The highest BCUT2D eigenvalue weighted by Crippen LogP contribution is 2.44. The molecule has 2 amide bonds. The molecule has 2 unspecified atom stereocenters. The second-order valence-electron chi connectivity index (χ2n) is 9.81. The Balaban J connectivity index is 1.36. The van der Waals surface area contributed by atoms with Crippen LogP contribution in [0.5, 0.6) is 0 Å². The van der Waals surface area contributed by atoms with Crippen LogP contribution in [0.4, 0.5) is 5.69 Å². The van der Waals surface area contributed by atoms with Crippen molar-refractivity contribution in [2.45, 2.75) is 58.9 Å². The minimum absolute atomic E-state index is 0.0589. The molecule has 0 bridgehead atoms. The minimum Gasteiger partial charge on any atom is -0.376 e. The van der Waals surface area contributed by atoms with Gasteiger partial charge in [0.25, 0.3) is 5.91 Å². The molecule has 2 aliphatic carbocycles. The molecule has 0 radical (unpaired) electrons. The van der Waals surface area contributed by atoms with Crippen LogP contribution < -0.4 is 10.6 Å². The number of benzene rings is 1. The summed E-state index contributed by atoms with van der Waals surface area (Å²) in [5.74, 6) is 2.63. The zero-order valence-electron chi connectivity index (χ0n) is 18.0. The summed E-state index contributed by atoms with van der Waals surface area (Å²) in [7, 11) is 0. The highest BCUT2D eigenvalue weighted by molar-refractivity contribution is 5.95. The lowest BCUT2D eigenvalue weighted by atomic mass is 9.91. The molecule has 2 N–H and O–H groups in total. The van der Waals surface area contributed by atoms with E-state index < -0.39 is 0 Å². The molecule has 3 aliphatic rings. The van der Waals surface area contributed by atoms with Gasteiger partial charge < -0.3 is 15.5 Å². The first-order valence-electron chi connectivity index (χ1n) is 11.3. The predicted molar refractivity (Wildman–Crippen MR) is 116 cm³/mol. The normalized spacial score (nSPS) is 24.5. The lowest BCUT2D eigenvalue weighted by molar-refractivity contribution is -0.120. The summed E-state index contributed by atoms with van der Waals surface area (Å²) in [5.41, 5.74) is 2.63. The molecule has 1 aromatic rings. The third kappa shape index (κ3) is 5.12. The van der Waals surface area contributed by atoms with Crippen molar-refractivity contribution in [2.75, 3.05) is 25.0 Å². The summed E-state index contributed by atoms with van der Waals surface area (Å²) >= 11 is 0. The van der Waals surface area contributed by atoms with Gasteiger partial charge in [-0.1, -0.05) is 19.9 Å². The predicted octanol–water partition coefficient (Wildman–Crippen LogP) is 3.83. The average Bonchev–Trinajstić information content (AvgIpc) is 3.57. The number of rotatable bonds is 7. The largest absolute Gasteiger partial charge is 0.376 e. The Bertz CT molecular complexity index is 747. The van der Waals surface area contributed by atoms with Crippen LogP contribution in [0.1, 0.15) is 61.9 Å². The number of carbonyl (C=O) groups is 2. The summed E-state index contributed by atoms with van der Waals surface area (Å²) in [6, 6.07) is 6.17. The van der Waals surface area contributed by atoms with E-state index in [1.54, 1.807) is 0 Å². The van der Waals surface area contributed by atoms with Gasteiger partial charge in [0, 0.05) is 30.4 Å². The van der Waals surface area contributed by atoms with E-state index in [0.29, 0.717) is 35.3 Å². The average molecular weight is 398 g/mol. The van der Waals surface area contributed by atoms with E-state index in [4.69, 9.17) is 0 Å². The standard InChI is InChI=1S/C24H35N3O2/c1-15-10-16(2)14-27(13-15)24(29)20-5-4-17(3)21(11-20)25-12-22(28)26-23(18-6-7-18)19-8-9-19/h4-5,11,15-16,18-19,23,25H,6-10,12-14H2,1-3H3,(H,26,28). The van der Waals surface area contributed by atoms with Gasteiger partial charge in [0.1, 0.15) is 0 Å². The number of amides is 2. The van der Waals surface area contributed by atoms with Crippen molar-refractivity contribution in [1.82, 2.24) is 10.2 Å². The van der Waals surface area contributed by atoms with Crippen molar-refractivity contribution >= 4 is 17.5 Å². The first-order chi connectivity index (χ1) is 13.9. The van der Waals surface area contributed by atoms with Crippen LogP contribution in [0, 0.1) is 30.6 Å². The fraction of sp³-hybridized carbons (Fsp3) is 0.667. The van der Waals surface area contributed by atoms with Crippen LogP contribution >= 0.6 is 0 Å². The first kappa shape index (κ1) is 20.2. The fourth-order valence-corrected chi connectivity index (χ4v) is 4.90. The molecule has 1 saturated heterocycles. The smallest absolute Gasteiger partial charge is 0.253 e. The van der Waals surface area contributed by atoms with Crippen LogP contribution in [0.15, 0.2) is 18.2 Å². The number of anilines is 1. The summed E-state index contributed by atoms with van der Waals surface area (Å²) in [6.45, 7) is 8.35. The molecule has 0 aromatic heterocycles. The molecule has 5 nitrogen and oxygen atoms in total. The van der Waals surface area contributed by atoms with E-state index in [2.05, 4.69) is 24.5 Å². The minimum atomic E-state index is 0.0589. The number of nitrogens with one attached hydrogen (secondary N) is 2. The van der Waals surface area contributed by atoms with E-state index in [-0.39, 0.29) is 18.4 Å². The molecule has 29 heavy (non-hydrogen) atoms. The van der Waals surface area contributed by atoms with E-state index in [1.165, 1.54) is 32.1 Å². The van der Waals surface area contributed by atoms with Gasteiger partial charge in [0.15, 0.2) is 0 Å². The van der Waals surface area contributed by atoms with Crippen molar-refractivity contribution in [3.63, 3.8) is 0 Å². The van der Waals surface area contributed by atoms with Crippen LogP contribution in [-0.4, -0.2) is 42.4 Å². The molecule has 3 fully saturated rings. The SMILES string of the molecule is Cc1ccc(C(=O)N2CC(C)CC(C)C2)cc1NCC(=O)NC(C1CC1)C1CC1. The van der Waals surface area contributed by atoms with E-state index in [9.17, 15) is 9.59 Å². The molecule has 4 rings (SSSR count). The highest BCUT2D eigenvalue weighted by Gasteiger charge is 2.42. The van der Waals surface area contributed by atoms with Crippen LogP contribution in [0.3, 0.4) is 0 Å². The summed E-state index contributed by atoms with van der Waals surface area (Å²) in [6.07, 6.45) is 6.21. The third-order valence-electron chi connectivity index (χ3n) is 6.67. The number of nitrogens with zero attached hydrogens (tertiary/aromatic N) is 1. The molecule has 1 aromatic carbocycles. The number of hydrogen-bond acceptors (Lipinski definition) is 3. The van der Waals surface area contributed by atoms with E-state index in [1.807, 2.05) is 30.0 Å². The maximum absolute atomic E-state index is 13.0. The summed E-state index contributed by atoms with van der Waals surface area (Å²) < 4.78 is 0. The second-order valence-corrected chi connectivity index (χ2v) is 9.81. The Morgan fingerprint density at radius 2 is 1.69 bits per heavy atom. The molecule has 0 spiro atoms. The van der Waals surface area contributed by atoms with Crippen LogP contribution in [0.25, 0.3) is 0 Å². The Hall–Kier alpha value is -2.04. The maximum Gasteiger partial charge on any atom is 0.253 e. The molecule has 2 atom stereocenters. The number of hydrogen-bond donors (Lipinski definition) is 2. The third-order valence-corrected chi connectivity index (χ3v) is 6.67. The first-order valence-corrected chi connectivity index (χ1v) is 11.3. The highest BCUT2D eigenvalue weighted by atomic mass is 16.2. The van der Waals surface area contributed by atoms with Crippen molar-refractivity contribution in [3.8, 4) is 0 Å². The molecule has 5 heteroatoms. The monoisotopic (exact) mass is 397 g/mol. The van der Waals surface area contributed by atoms with Gasteiger partial charge in [0.05, 0.1) is 6.54 Å². The van der Waals surface area contributed by atoms with E-state index >= 15 is 0 Å². The van der Waals surface area contributed by atoms with E-state index in [0.717, 1.165) is 24.3 Å². The molecule has 1 heterocycles. The Kier molecular flexibility index (Phi) is 5.84. The Morgan fingerprint density at radius 1 is 1.07 bits per heavy atom. The van der Waals surface area contributed by atoms with Crippen molar-refractivity contribution in [1.29, 1.82) is 0 Å². The van der Waals surface area contributed by atoms with Gasteiger partial charge in [-0.3, -0.25) is 9.59 Å². The molecule has 1 aliphatic heterocycles. The number of piperidine rings is 1. The quantitative estimate of drug-likeness (QED) is 0.735. The summed E-state index contributed by atoms with van der Waals surface area (Å²) in [4.78, 5) is 27.5. The topological polar surface area (TPSA) is 61.4 Å². The van der Waals surface area contributed by atoms with Crippen LogP contribution in [0.2, 0.25) is 0 Å². The number of aryl methyl sites for hydroxylation is 1. The van der Waals surface area contributed by atoms with Gasteiger partial charge in [-0.2, -0.15) is 0 Å². The van der Waals surface area contributed by atoms with Gasteiger partial charge in [-0.05, 0) is 80.4 Å². The molecular formula is C24H35N3O2. The second kappa shape index (κ2) is 8.37. The van der Waals surface area contributed by atoms with Crippen molar-refractivity contribution in [3.05, 3.63) is 29.3 Å². The molecule has 2 saturated carbocycles. The summed E-state index contributed by atoms with van der Waals surface area (Å²) in [5, 5.41) is 6.52. The van der Waals surface area contributed by atoms with Gasteiger partial charge >= 0.3 is 0 Å². The zero-order valence-corrected chi connectivity index (χ0v) is 18.0. The molecular weight excluding hydrogens is 362 g/mol. The lowest BCUT2D eigenvalue weighted by Gasteiger charge is -2.35. The molecule has 158 valence electrons. The van der Waals surface area contributed by atoms with Crippen LogP contribution in [-0.2, 0) is 4.79 Å². The number of carbonyl (C=O) groups excluding carboxylic acids is 2. The Labute approximate surface area is 174 Å². The Morgan fingerprint density at radius 3 is 2.28 bits per heavy atom. The van der Waals surface area contributed by atoms with Gasteiger partial charge in [-0.25, -0.2) is 0 Å².